The van der Waals surface area contributed by atoms with Gasteiger partial charge in [0.05, 0.1) is 9.13 Å². The van der Waals surface area contributed by atoms with Crippen molar-refractivity contribution in [1.29, 1.82) is 0 Å². The molecule has 0 saturated carbocycles. The third-order valence-corrected chi connectivity index (χ3v) is 2.40. The molecule has 0 spiro atoms. The topological polar surface area (TPSA) is 17.1 Å². The van der Waals surface area contributed by atoms with Gasteiger partial charge in [0.1, 0.15) is 11.6 Å². The van der Waals surface area contributed by atoms with Gasteiger partial charge in [-0.1, -0.05) is 0 Å². The van der Waals surface area contributed by atoms with Crippen molar-refractivity contribution in [3.8, 4) is 0 Å². The standard InChI is InChI=1S/C8H5F2IO/c1-4(12)5-2-3-6(9)8(11)7(5)10/h2-3H,1H3. The lowest BCUT2D eigenvalue weighted by Crippen LogP contribution is -2.00. The first-order valence-electron chi connectivity index (χ1n) is 3.18. The van der Waals surface area contributed by atoms with Crippen molar-refractivity contribution in [1.82, 2.24) is 0 Å². The highest BCUT2D eigenvalue weighted by molar-refractivity contribution is 14.1. The zero-order chi connectivity index (χ0) is 9.30. The second-order valence-electron chi connectivity index (χ2n) is 2.28. The van der Waals surface area contributed by atoms with Crippen molar-refractivity contribution < 1.29 is 13.6 Å². The fourth-order valence-corrected chi connectivity index (χ4v) is 1.27. The summed E-state index contributed by atoms with van der Waals surface area (Å²) in [4.78, 5) is 10.8. The van der Waals surface area contributed by atoms with E-state index in [9.17, 15) is 13.6 Å². The Bertz CT molecular complexity index is 336. The Hall–Kier alpha value is -0.520. The van der Waals surface area contributed by atoms with E-state index in [1.54, 1.807) is 0 Å². The smallest absolute Gasteiger partial charge is 0.162 e. The quantitative estimate of drug-likeness (QED) is 0.440. The fourth-order valence-electron chi connectivity index (χ4n) is 0.798. The summed E-state index contributed by atoms with van der Waals surface area (Å²) >= 11 is 1.53. The predicted molar refractivity (Wildman–Crippen MR) is 49.1 cm³/mol. The fraction of sp³-hybridized carbons (Fsp3) is 0.125. The molecule has 0 amide bonds. The van der Waals surface area contributed by atoms with Gasteiger partial charge in [0, 0.05) is 0 Å². The maximum absolute atomic E-state index is 13.0. The Kier molecular flexibility index (Phi) is 2.76. The molecule has 1 aromatic rings. The Morgan fingerprint density at radius 3 is 2.50 bits per heavy atom. The lowest BCUT2D eigenvalue weighted by atomic mass is 10.1. The number of rotatable bonds is 1. The van der Waals surface area contributed by atoms with Gasteiger partial charge >= 0.3 is 0 Å². The average Bonchev–Trinajstić information content (AvgIpc) is 2.00. The van der Waals surface area contributed by atoms with Crippen molar-refractivity contribution >= 4 is 28.4 Å². The lowest BCUT2D eigenvalue weighted by molar-refractivity contribution is 0.101. The Labute approximate surface area is 81.9 Å². The van der Waals surface area contributed by atoms with Crippen molar-refractivity contribution in [2.24, 2.45) is 0 Å². The largest absolute Gasteiger partial charge is 0.294 e. The molecule has 0 radical (unpaired) electrons. The van der Waals surface area contributed by atoms with E-state index in [0.717, 1.165) is 12.1 Å². The van der Waals surface area contributed by atoms with Crippen LogP contribution in [0.25, 0.3) is 0 Å². The van der Waals surface area contributed by atoms with Gasteiger partial charge in [0.25, 0.3) is 0 Å². The molecule has 4 heteroatoms. The molecule has 0 N–H and O–H groups in total. The van der Waals surface area contributed by atoms with Gasteiger partial charge in [0.2, 0.25) is 0 Å². The van der Waals surface area contributed by atoms with E-state index < -0.39 is 17.4 Å². The van der Waals surface area contributed by atoms with Crippen LogP contribution in [0.3, 0.4) is 0 Å². The molecule has 0 saturated heterocycles. The second kappa shape index (κ2) is 3.47. The van der Waals surface area contributed by atoms with Crippen LogP contribution in [0.1, 0.15) is 17.3 Å². The molecule has 0 atom stereocenters. The van der Waals surface area contributed by atoms with Crippen LogP contribution in [0.5, 0.6) is 0 Å². The number of hydrogen-bond donors (Lipinski definition) is 0. The van der Waals surface area contributed by atoms with Gasteiger partial charge < -0.3 is 0 Å². The van der Waals surface area contributed by atoms with Gasteiger partial charge in [-0.2, -0.15) is 0 Å². The van der Waals surface area contributed by atoms with Crippen LogP contribution in [0.2, 0.25) is 0 Å². The molecule has 0 fully saturated rings. The van der Waals surface area contributed by atoms with Crippen LogP contribution < -0.4 is 0 Å². The molecule has 1 rings (SSSR count). The number of Topliss-reactive ketones (excluding diaryl/α,β-unsaturated/α-hetero) is 1. The molecule has 1 nitrogen and oxygen atoms in total. The molecule has 0 aliphatic carbocycles. The van der Waals surface area contributed by atoms with E-state index in [-0.39, 0.29) is 9.13 Å². The maximum Gasteiger partial charge on any atom is 0.162 e. The van der Waals surface area contributed by atoms with Gasteiger partial charge in [-0.25, -0.2) is 8.78 Å². The van der Waals surface area contributed by atoms with Crippen LogP contribution in [0, 0.1) is 15.2 Å². The van der Waals surface area contributed by atoms with Gasteiger partial charge in [-0.3, -0.25) is 4.79 Å². The van der Waals surface area contributed by atoms with Gasteiger partial charge in [0.15, 0.2) is 5.78 Å². The van der Waals surface area contributed by atoms with Crippen molar-refractivity contribution in [3.63, 3.8) is 0 Å². The van der Waals surface area contributed by atoms with E-state index in [0.29, 0.717) is 0 Å². The van der Waals surface area contributed by atoms with Crippen LogP contribution in [-0.2, 0) is 0 Å². The van der Waals surface area contributed by atoms with E-state index in [4.69, 9.17) is 0 Å². The SMILES string of the molecule is CC(=O)c1ccc(F)c(I)c1F. The minimum atomic E-state index is -0.775. The Morgan fingerprint density at radius 1 is 1.42 bits per heavy atom. The van der Waals surface area contributed by atoms with Crippen LogP contribution in [-0.4, -0.2) is 5.78 Å². The van der Waals surface area contributed by atoms with Crippen molar-refractivity contribution in [2.45, 2.75) is 6.92 Å². The highest BCUT2D eigenvalue weighted by Gasteiger charge is 2.13. The summed E-state index contributed by atoms with van der Waals surface area (Å²) < 4.78 is 25.6. The minimum absolute atomic E-state index is 0.0687. The second-order valence-corrected chi connectivity index (χ2v) is 3.36. The summed E-state index contributed by atoms with van der Waals surface area (Å²) in [6.45, 7) is 1.24. The van der Waals surface area contributed by atoms with Gasteiger partial charge in [-0.15, -0.1) is 0 Å². The van der Waals surface area contributed by atoms with E-state index in [1.807, 2.05) is 0 Å². The molecule has 0 heterocycles. The van der Waals surface area contributed by atoms with E-state index >= 15 is 0 Å². The molecule has 64 valence electrons. The highest BCUT2D eigenvalue weighted by atomic mass is 127. The highest BCUT2D eigenvalue weighted by Crippen LogP contribution is 2.18. The van der Waals surface area contributed by atoms with Crippen LogP contribution >= 0.6 is 22.6 Å². The average molecular weight is 282 g/mol. The third kappa shape index (κ3) is 1.63. The predicted octanol–water partition coefficient (Wildman–Crippen LogP) is 2.77. The number of benzene rings is 1. The first-order chi connectivity index (χ1) is 5.54. The number of halogens is 3. The molecule has 0 aliphatic heterocycles. The zero-order valence-electron chi connectivity index (χ0n) is 6.20. The van der Waals surface area contributed by atoms with Crippen LogP contribution in [0.15, 0.2) is 12.1 Å². The summed E-state index contributed by atoms with van der Waals surface area (Å²) in [5.41, 5.74) is -0.0687. The lowest BCUT2D eigenvalue weighted by Gasteiger charge is -2.00. The molecule has 0 aliphatic rings. The Balaban J connectivity index is 3.36. The number of carbonyl (C=O) groups is 1. The monoisotopic (exact) mass is 282 g/mol. The summed E-state index contributed by atoms with van der Waals surface area (Å²) in [5.74, 6) is -1.81. The molecule has 1 aromatic carbocycles. The summed E-state index contributed by atoms with van der Waals surface area (Å²) in [6, 6.07) is 2.23. The van der Waals surface area contributed by atoms with E-state index in [1.165, 1.54) is 29.5 Å². The minimum Gasteiger partial charge on any atom is -0.294 e. The Morgan fingerprint density at radius 2 is 2.00 bits per heavy atom. The molecule has 0 aromatic heterocycles. The number of carbonyl (C=O) groups excluding carboxylic acids is 1. The zero-order valence-corrected chi connectivity index (χ0v) is 8.35. The van der Waals surface area contributed by atoms with Crippen LogP contribution in [0.4, 0.5) is 8.78 Å². The summed E-state index contributed by atoms with van der Waals surface area (Å²) in [6.07, 6.45) is 0. The normalized spacial score (nSPS) is 10.0. The molecular formula is C8H5F2IO. The van der Waals surface area contributed by atoms with E-state index in [2.05, 4.69) is 0 Å². The first kappa shape index (κ1) is 9.57. The maximum atomic E-state index is 13.0. The molecule has 12 heavy (non-hydrogen) atoms. The number of ketones is 1. The first-order valence-corrected chi connectivity index (χ1v) is 4.26. The molecular weight excluding hydrogens is 277 g/mol. The number of hydrogen-bond acceptors (Lipinski definition) is 1. The van der Waals surface area contributed by atoms with Crippen molar-refractivity contribution in [2.75, 3.05) is 0 Å². The molecule has 0 unspecified atom stereocenters. The van der Waals surface area contributed by atoms with Crippen molar-refractivity contribution in [3.05, 3.63) is 32.9 Å². The van der Waals surface area contributed by atoms with Gasteiger partial charge in [-0.05, 0) is 41.6 Å². The third-order valence-electron chi connectivity index (χ3n) is 1.41. The summed E-state index contributed by atoms with van der Waals surface area (Å²) in [5, 5.41) is 0. The molecule has 0 bridgehead atoms. The summed E-state index contributed by atoms with van der Waals surface area (Å²) in [7, 11) is 0.